The van der Waals surface area contributed by atoms with Gasteiger partial charge in [-0.15, -0.1) is 5.10 Å². The second-order valence-corrected chi connectivity index (χ2v) is 4.80. The molecule has 2 aromatic heterocycles. The highest BCUT2D eigenvalue weighted by molar-refractivity contribution is 7.08. The monoisotopic (exact) mass is 251 g/mol. The molecule has 0 fully saturated rings. The lowest BCUT2D eigenvalue weighted by Crippen LogP contribution is -2.10. The van der Waals surface area contributed by atoms with Crippen LogP contribution in [0.1, 0.15) is 41.0 Å². The molecule has 7 heteroatoms. The Morgan fingerprint density at radius 1 is 1.53 bits per heavy atom. The summed E-state index contributed by atoms with van der Waals surface area (Å²) in [5.74, 6) is 0.852. The lowest BCUT2D eigenvalue weighted by Gasteiger charge is -2.02. The number of nitrogens with zero attached hydrogens (tertiary/aromatic N) is 5. The number of aromatic nitrogens is 5. The largest absolute Gasteiger partial charge is 0.293 e. The van der Waals surface area contributed by atoms with Gasteiger partial charge in [0.25, 0.3) is 0 Å². The van der Waals surface area contributed by atoms with Crippen molar-refractivity contribution in [1.29, 1.82) is 0 Å². The molecule has 0 saturated heterocycles. The second-order valence-electron chi connectivity index (χ2n) is 4.04. The van der Waals surface area contributed by atoms with Gasteiger partial charge in [0.05, 0.1) is 12.1 Å². The lowest BCUT2D eigenvalue weighted by molar-refractivity contribution is 0.0992. The zero-order valence-corrected chi connectivity index (χ0v) is 10.7. The Labute approximate surface area is 103 Å². The minimum absolute atomic E-state index is 0.000185. The van der Waals surface area contributed by atoms with Crippen molar-refractivity contribution >= 4 is 17.3 Å². The van der Waals surface area contributed by atoms with Gasteiger partial charge in [0, 0.05) is 7.05 Å². The van der Waals surface area contributed by atoms with Crippen LogP contribution in [0.2, 0.25) is 0 Å². The van der Waals surface area contributed by atoms with E-state index >= 15 is 0 Å². The average molecular weight is 251 g/mol. The molecule has 90 valence electrons. The molecule has 0 unspecified atom stereocenters. The van der Waals surface area contributed by atoms with Crippen LogP contribution in [-0.4, -0.2) is 30.1 Å². The van der Waals surface area contributed by atoms with Gasteiger partial charge in [-0.05, 0) is 17.5 Å². The molecule has 17 heavy (non-hydrogen) atoms. The third kappa shape index (κ3) is 2.38. The minimum atomic E-state index is -0.000185. The van der Waals surface area contributed by atoms with E-state index in [2.05, 4.69) is 19.7 Å². The maximum atomic E-state index is 12.1. The molecule has 0 atom stereocenters. The molecule has 0 aromatic carbocycles. The molecule has 0 amide bonds. The molecule has 0 aliphatic carbocycles. The van der Waals surface area contributed by atoms with Crippen LogP contribution >= 0.6 is 11.5 Å². The van der Waals surface area contributed by atoms with Gasteiger partial charge < -0.3 is 0 Å². The van der Waals surface area contributed by atoms with E-state index in [4.69, 9.17) is 0 Å². The van der Waals surface area contributed by atoms with Gasteiger partial charge >= 0.3 is 0 Å². The van der Waals surface area contributed by atoms with Crippen molar-refractivity contribution in [3.8, 4) is 0 Å². The summed E-state index contributed by atoms with van der Waals surface area (Å²) in [6.07, 6.45) is 1.68. The number of carbonyl (C=O) groups is 1. The summed E-state index contributed by atoms with van der Waals surface area (Å²) < 4.78 is 5.44. The van der Waals surface area contributed by atoms with E-state index in [1.807, 2.05) is 13.8 Å². The van der Waals surface area contributed by atoms with Crippen molar-refractivity contribution in [2.24, 2.45) is 7.05 Å². The van der Waals surface area contributed by atoms with Crippen LogP contribution in [0.15, 0.2) is 6.33 Å². The summed E-state index contributed by atoms with van der Waals surface area (Å²) >= 11 is 1.15. The Morgan fingerprint density at radius 3 is 2.88 bits per heavy atom. The molecule has 0 aliphatic rings. The molecule has 2 heterocycles. The summed E-state index contributed by atoms with van der Waals surface area (Å²) in [6.45, 7) is 3.99. The van der Waals surface area contributed by atoms with Gasteiger partial charge in [-0.3, -0.25) is 9.48 Å². The predicted octanol–water partition coefficient (Wildman–Crippen LogP) is 1.22. The number of Topliss-reactive ketones (excluding diaryl/α,β-unsaturated/α-hetero) is 1. The highest BCUT2D eigenvalue weighted by Gasteiger charge is 2.20. The molecule has 0 N–H and O–H groups in total. The average Bonchev–Trinajstić information content (AvgIpc) is 2.87. The Bertz CT molecular complexity index is 530. The quantitative estimate of drug-likeness (QED) is 0.764. The topological polar surface area (TPSA) is 73.6 Å². The van der Waals surface area contributed by atoms with Crippen molar-refractivity contribution in [2.75, 3.05) is 0 Å². The number of aryl methyl sites for hydroxylation is 1. The molecule has 0 radical (unpaired) electrons. The standard InChI is InChI=1S/C10H13N5OS/c1-6(2)9-10(17-14-13-9)7(16)4-8-11-5-12-15(8)3/h5-6H,4H2,1-3H3. The van der Waals surface area contributed by atoms with Crippen LogP contribution in [0.25, 0.3) is 0 Å². The molecule has 2 aromatic rings. The Balaban J connectivity index is 2.21. The fraction of sp³-hybridized carbons (Fsp3) is 0.500. The third-order valence-corrected chi connectivity index (χ3v) is 3.22. The molecular formula is C10H13N5OS. The maximum Gasteiger partial charge on any atom is 0.183 e. The van der Waals surface area contributed by atoms with Crippen LogP contribution in [0.4, 0.5) is 0 Å². The Kier molecular flexibility index (Phi) is 3.28. The first kappa shape index (κ1) is 11.8. The fourth-order valence-corrected chi connectivity index (χ4v) is 2.23. The van der Waals surface area contributed by atoms with Crippen LogP contribution in [0, 0.1) is 0 Å². The van der Waals surface area contributed by atoms with Gasteiger partial charge in [0.15, 0.2) is 5.78 Å². The van der Waals surface area contributed by atoms with E-state index in [-0.39, 0.29) is 18.1 Å². The minimum Gasteiger partial charge on any atom is -0.293 e. The summed E-state index contributed by atoms with van der Waals surface area (Å²) in [5.41, 5.74) is 0.766. The van der Waals surface area contributed by atoms with Crippen molar-refractivity contribution in [3.63, 3.8) is 0 Å². The number of carbonyl (C=O) groups excluding carboxylic acids is 1. The van der Waals surface area contributed by atoms with Crippen molar-refractivity contribution in [2.45, 2.75) is 26.2 Å². The Morgan fingerprint density at radius 2 is 2.29 bits per heavy atom. The predicted molar refractivity (Wildman–Crippen MR) is 63.0 cm³/mol. The summed E-state index contributed by atoms with van der Waals surface area (Å²) in [7, 11) is 1.77. The van der Waals surface area contributed by atoms with Gasteiger partial charge in [0.2, 0.25) is 0 Å². The zero-order chi connectivity index (χ0) is 12.4. The summed E-state index contributed by atoms with van der Waals surface area (Å²) in [4.78, 5) is 16.8. The van der Waals surface area contributed by atoms with Crippen LogP contribution < -0.4 is 0 Å². The van der Waals surface area contributed by atoms with E-state index in [1.165, 1.54) is 6.33 Å². The molecule has 0 saturated carbocycles. The first-order valence-corrected chi connectivity index (χ1v) is 6.05. The van der Waals surface area contributed by atoms with Gasteiger partial charge in [-0.1, -0.05) is 18.3 Å². The second kappa shape index (κ2) is 4.70. The number of rotatable bonds is 4. The van der Waals surface area contributed by atoms with Crippen LogP contribution in [0.5, 0.6) is 0 Å². The van der Waals surface area contributed by atoms with E-state index < -0.39 is 0 Å². The molecule has 0 spiro atoms. The van der Waals surface area contributed by atoms with Gasteiger partial charge in [-0.25, -0.2) is 4.98 Å². The highest BCUT2D eigenvalue weighted by atomic mass is 32.1. The van der Waals surface area contributed by atoms with Gasteiger partial charge in [-0.2, -0.15) is 5.10 Å². The number of hydrogen-bond acceptors (Lipinski definition) is 6. The first-order valence-electron chi connectivity index (χ1n) is 5.28. The third-order valence-electron chi connectivity index (χ3n) is 2.44. The lowest BCUT2D eigenvalue weighted by atomic mass is 10.1. The van der Waals surface area contributed by atoms with E-state index in [9.17, 15) is 4.79 Å². The normalized spacial score (nSPS) is 11.1. The molecule has 6 nitrogen and oxygen atoms in total. The van der Waals surface area contributed by atoms with E-state index in [1.54, 1.807) is 11.7 Å². The molecule has 0 bridgehead atoms. The highest BCUT2D eigenvalue weighted by Crippen LogP contribution is 2.21. The molecule has 0 aliphatic heterocycles. The Hall–Kier alpha value is -1.63. The smallest absolute Gasteiger partial charge is 0.183 e. The van der Waals surface area contributed by atoms with E-state index in [0.29, 0.717) is 10.7 Å². The first-order chi connectivity index (χ1) is 8.09. The van der Waals surface area contributed by atoms with Crippen LogP contribution in [-0.2, 0) is 13.5 Å². The number of ketones is 1. The fourth-order valence-electron chi connectivity index (χ4n) is 1.47. The van der Waals surface area contributed by atoms with Gasteiger partial charge in [0.1, 0.15) is 17.0 Å². The molecular weight excluding hydrogens is 238 g/mol. The van der Waals surface area contributed by atoms with E-state index in [0.717, 1.165) is 17.2 Å². The summed E-state index contributed by atoms with van der Waals surface area (Å²) in [6, 6.07) is 0. The summed E-state index contributed by atoms with van der Waals surface area (Å²) in [5, 5.41) is 7.93. The zero-order valence-electron chi connectivity index (χ0n) is 9.91. The van der Waals surface area contributed by atoms with Crippen molar-refractivity contribution in [1.82, 2.24) is 24.4 Å². The number of hydrogen-bond donors (Lipinski definition) is 0. The molecule has 2 rings (SSSR count). The van der Waals surface area contributed by atoms with Crippen molar-refractivity contribution in [3.05, 3.63) is 22.7 Å². The SMILES string of the molecule is CC(C)c1nnsc1C(=O)Cc1ncnn1C. The maximum absolute atomic E-state index is 12.1. The van der Waals surface area contributed by atoms with Crippen LogP contribution in [0.3, 0.4) is 0 Å². The van der Waals surface area contributed by atoms with Crippen molar-refractivity contribution < 1.29 is 4.79 Å².